The second-order valence-electron chi connectivity index (χ2n) is 2.27. The Morgan fingerprint density at radius 1 is 1.55 bits per heavy atom. The molecule has 0 heterocycles. The molecule has 1 aromatic rings. The molecular formula is C8H11FN2. The Morgan fingerprint density at radius 3 is 2.91 bits per heavy atom. The Hall–Kier alpha value is -1.25. The average molecular weight is 154 g/mol. The largest absolute Gasteiger partial charge is 0.399 e. The molecule has 11 heavy (non-hydrogen) atoms. The van der Waals surface area contributed by atoms with Crippen LogP contribution in [-0.2, 0) is 0 Å². The van der Waals surface area contributed by atoms with E-state index in [1.54, 1.807) is 6.07 Å². The summed E-state index contributed by atoms with van der Waals surface area (Å²) in [5.41, 5.74) is 6.49. The zero-order valence-corrected chi connectivity index (χ0v) is 6.39. The number of halogens is 1. The van der Waals surface area contributed by atoms with Crippen LogP contribution in [0.15, 0.2) is 18.2 Å². The topological polar surface area (TPSA) is 38.0 Å². The molecule has 0 radical (unpaired) electrons. The van der Waals surface area contributed by atoms with Gasteiger partial charge in [-0.05, 0) is 25.1 Å². The molecule has 0 atom stereocenters. The molecule has 0 aliphatic carbocycles. The van der Waals surface area contributed by atoms with Gasteiger partial charge in [-0.2, -0.15) is 0 Å². The van der Waals surface area contributed by atoms with Crippen molar-refractivity contribution in [1.29, 1.82) is 0 Å². The van der Waals surface area contributed by atoms with Crippen LogP contribution >= 0.6 is 0 Å². The van der Waals surface area contributed by atoms with Crippen molar-refractivity contribution < 1.29 is 4.39 Å². The van der Waals surface area contributed by atoms with Gasteiger partial charge in [0.25, 0.3) is 0 Å². The van der Waals surface area contributed by atoms with Crippen LogP contribution in [0.2, 0.25) is 0 Å². The number of nitrogens with one attached hydrogen (secondary N) is 1. The quantitative estimate of drug-likeness (QED) is 0.638. The van der Waals surface area contributed by atoms with Crippen molar-refractivity contribution in [3.63, 3.8) is 0 Å². The van der Waals surface area contributed by atoms with Gasteiger partial charge in [-0.25, -0.2) is 4.39 Å². The third-order valence-electron chi connectivity index (χ3n) is 1.36. The minimum Gasteiger partial charge on any atom is -0.399 e. The van der Waals surface area contributed by atoms with Crippen LogP contribution in [0, 0.1) is 5.82 Å². The summed E-state index contributed by atoms with van der Waals surface area (Å²) in [7, 11) is 0. The molecule has 0 spiro atoms. The summed E-state index contributed by atoms with van der Waals surface area (Å²) in [6.07, 6.45) is 0. The van der Waals surface area contributed by atoms with Crippen LogP contribution in [-0.4, -0.2) is 6.54 Å². The van der Waals surface area contributed by atoms with Crippen LogP contribution in [0.25, 0.3) is 0 Å². The van der Waals surface area contributed by atoms with E-state index in [1.807, 2.05) is 6.92 Å². The minimum absolute atomic E-state index is 0.263. The molecule has 0 aliphatic heterocycles. The molecule has 0 aliphatic rings. The highest BCUT2D eigenvalue weighted by Crippen LogP contribution is 2.16. The zero-order chi connectivity index (χ0) is 8.27. The molecule has 2 nitrogen and oxygen atoms in total. The Bertz CT molecular complexity index is 248. The van der Waals surface area contributed by atoms with E-state index in [0.29, 0.717) is 17.9 Å². The lowest BCUT2D eigenvalue weighted by Gasteiger charge is -2.04. The Labute approximate surface area is 65.2 Å². The summed E-state index contributed by atoms with van der Waals surface area (Å²) in [5, 5.41) is 2.86. The van der Waals surface area contributed by atoms with Crippen molar-refractivity contribution in [3.8, 4) is 0 Å². The van der Waals surface area contributed by atoms with Crippen LogP contribution in [0.5, 0.6) is 0 Å². The molecule has 0 unspecified atom stereocenters. The SMILES string of the molecule is CCNc1cc(N)ccc1F. The maximum absolute atomic E-state index is 12.8. The van der Waals surface area contributed by atoms with Gasteiger partial charge in [0.2, 0.25) is 0 Å². The van der Waals surface area contributed by atoms with Gasteiger partial charge in [-0.15, -0.1) is 0 Å². The molecule has 0 amide bonds. The molecule has 0 fully saturated rings. The van der Waals surface area contributed by atoms with Gasteiger partial charge in [0.05, 0.1) is 5.69 Å². The number of nitrogens with two attached hydrogens (primary N) is 1. The summed E-state index contributed by atoms with van der Waals surface area (Å²) >= 11 is 0. The predicted molar refractivity (Wildman–Crippen MR) is 45.0 cm³/mol. The summed E-state index contributed by atoms with van der Waals surface area (Å²) in [5.74, 6) is -0.263. The number of nitrogen functional groups attached to an aromatic ring is 1. The van der Waals surface area contributed by atoms with Crippen molar-refractivity contribution in [2.24, 2.45) is 0 Å². The fourth-order valence-corrected chi connectivity index (χ4v) is 0.869. The molecule has 3 N–H and O–H groups in total. The Kier molecular flexibility index (Phi) is 2.31. The van der Waals surface area contributed by atoms with E-state index in [2.05, 4.69) is 5.32 Å². The molecule has 0 bridgehead atoms. The first-order valence-electron chi connectivity index (χ1n) is 3.53. The van der Waals surface area contributed by atoms with Gasteiger partial charge in [0, 0.05) is 12.2 Å². The fraction of sp³-hybridized carbons (Fsp3) is 0.250. The van der Waals surface area contributed by atoms with Gasteiger partial charge >= 0.3 is 0 Å². The predicted octanol–water partition coefficient (Wildman–Crippen LogP) is 1.84. The number of benzene rings is 1. The molecule has 1 rings (SSSR count). The van der Waals surface area contributed by atoms with Gasteiger partial charge in [-0.1, -0.05) is 0 Å². The standard InChI is InChI=1S/C8H11FN2/c1-2-11-8-5-6(10)3-4-7(8)9/h3-5,11H,2,10H2,1H3. The first kappa shape index (κ1) is 7.85. The lowest BCUT2D eigenvalue weighted by molar-refractivity contribution is 0.631. The van der Waals surface area contributed by atoms with Gasteiger partial charge in [0.15, 0.2) is 0 Å². The van der Waals surface area contributed by atoms with E-state index in [1.165, 1.54) is 12.1 Å². The van der Waals surface area contributed by atoms with Crippen LogP contribution in [0.3, 0.4) is 0 Å². The second kappa shape index (κ2) is 3.23. The summed E-state index contributed by atoms with van der Waals surface area (Å²) in [6, 6.07) is 4.47. The van der Waals surface area contributed by atoms with E-state index in [4.69, 9.17) is 5.73 Å². The van der Waals surface area contributed by atoms with E-state index >= 15 is 0 Å². The summed E-state index contributed by atoms with van der Waals surface area (Å²) < 4.78 is 12.8. The lowest BCUT2D eigenvalue weighted by atomic mass is 10.2. The van der Waals surface area contributed by atoms with Gasteiger partial charge in [0.1, 0.15) is 5.82 Å². The first-order chi connectivity index (χ1) is 5.24. The number of anilines is 2. The Balaban J connectivity index is 2.93. The van der Waals surface area contributed by atoms with E-state index in [9.17, 15) is 4.39 Å². The first-order valence-corrected chi connectivity index (χ1v) is 3.53. The molecule has 3 heteroatoms. The fourth-order valence-electron chi connectivity index (χ4n) is 0.869. The lowest BCUT2D eigenvalue weighted by Crippen LogP contribution is -1.99. The van der Waals surface area contributed by atoms with Gasteiger partial charge in [-0.3, -0.25) is 0 Å². The van der Waals surface area contributed by atoms with Crippen molar-refractivity contribution >= 4 is 11.4 Å². The highest BCUT2D eigenvalue weighted by Gasteiger charge is 1.98. The summed E-state index contributed by atoms with van der Waals surface area (Å²) in [6.45, 7) is 2.60. The highest BCUT2D eigenvalue weighted by atomic mass is 19.1. The second-order valence-corrected chi connectivity index (χ2v) is 2.27. The smallest absolute Gasteiger partial charge is 0.146 e. The van der Waals surface area contributed by atoms with Crippen LogP contribution in [0.4, 0.5) is 15.8 Å². The number of hydrogen-bond acceptors (Lipinski definition) is 2. The average Bonchev–Trinajstić information content (AvgIpc) is 1.98. The molecule has 1 aromatic carbocycles. The van der Waals surface area contributed by atoms with E-state index in [0.717, 1.165) is 0 Å². The third-order valence-corrected chi connectivity index (χ3v) is 1.36. The van der Waals surface area contributed by atoms with Crippen LogP contribution in [0.1, 0.15) is 6.92 Å². The molecule has 0 saturated heterocycles. The molecule has 60 valence electrons. The van der Waals surface area contributed by atoms with Crippen molar-refractivity contribution in [2.75, 3.05) is 17.6 Å². The van der Waals surface area contributed by atoms with Gasteiger partial charge < -0.3 is 11.1 Å². The highest BCUT2D eigenvalue weighted by molar-refractivity contribution is 5.55. The minimum atomic E-state index is -0.263. The zero-order valence-electron chi connectivity index (χ0n) is 6.39. The molecule has 0 saturated carbocycles. The van der Waals surface area contributed by atoms with Crippen LogP contribution < -0.4 is 11.1 Å². The maximum Gasteiger partial charge on any atom is 0.146 e. The van der Waals surface area contributed by atoms with Crippen molar-refractivity contribution in [1.82, 2.24) is 0 Å². The molecule has 0 aromatic heterocycles. The monoisotopic (exact) mass is 154 g/mol. The normalized spacial score (nSPS) is 9.64. The number of rotatable bonds is 2. The number of hydrogen-bond donors (Lipinski definition) is 2. The van der Waals surface area contributed by atoms with E-state index < -0.39 is 0 Å². The Morgan fingerprint density at radius 2 is 2.27 bits per heavy atom. The maximum atomic E-state index is 12.8. The van der Waals surface area contributed by atoms with Crippen molar-refractivity contribution in [3.05, 3.63) is 24.0 Å². The van der Waals surface area contributed by atoms with E-state index in [-0.39, 0.29) is 5.82 Å². The summed E-state index contributed by atoms with van der Waals surface area (Å²) in [4.78, 5) is 0. The third kappa shape index (κ3) is 1.83. The van der Waals surface area contributed by atoms with Crippen molar-refractivity contribution in [2.45, 2.75) is 6.92 Å². The molecular weight excluding hydrogens is 143 g/mol.